The largest absolute Gasteiger partial charge is 0.489 e. The molecule has 2 rings (SSSR count). The molecule has 2 amide bonds. The zero-order valence-electron chi connectivity index (χ0n) is 11.5. The molecule has 0 aliphatic heterocycles. The van der Waals surface area contributed by atoms with Gasteiger partial charge in [0, 0.05) is 18.1 Å². The first-order chi connectivity index (χ1) is 9.65. The van der Waals surface area contributed by atoms with E-state index in [1.54, 1.807) is 30.6 Å². The van der Waals surface area contributed by atoms with Crippen LogP contribution in [0.4, 0.5) is 16.2 Å². The van der Waals surface area contributed by atoms with E-state index >= 15 is 0 Å². The number of nitrogens with zero attached hydrogens (tertiary/aromatic N) is 1. The molecule has 5 nitrogen and oxygen atoms in total. The molecule has 1 aromatic carbocycles. The Bertz CT molecular complexity index is 570. The number of pyridine rings is 1. The number of carbonyl (C=O) groups excluding carboxylic acids is 1. The van der Waals surface area contributed by atoms with Gasteiger partial charge in [0.2, 0.25) is 0 Å². The second-order valence-electron chi connectivity index (χ2n) is 4.48. The Morgan fingerprint density at radius 3 is 2.50 bits per heavy atom. The highest BCUT2D eigenvalue weighted by atomic mass is 16.5. The van der Waals surface area contributed by atoms with Crippen molar-refractivity contribution in [2.45, 2.75) is 20.0 Å². The summed E-state index contributed by atoms with van der Waals surface area (Å²) in [5, 5.41) is 5.49. The number of aromatic nitrogens is 1. The number of hydrogen-bond acceptors (Lipinski definition) is 3. The number of nitrogens with one attached hydrogen (secondary N) is 2. The highest BCUT2D eigenvalue weighted by Gasteiger charge is 2.08. The van der Waals surface area contributed by atoms with E-state index in [1.165, 1.54) is 0 Å². The summed E-state index contributed by atoms with van der Waals surface area (Å²) < 4.78 is 5.64. The number of amides is 2. The van der Waals surface area contributed by atoms with Gasteiger partial charge in [0.15, 0.2) is 0 Å². The Morgan fingerprint density at radius 1 is 1.10 bits per heavy atom. The van der Waals surface area contributed by atoms with Gasteiger partial charge in [-0.15, -0.1) is 0 Å². The Labute approximate surface area is 118 Å². The summed E-state index contributed by atoms with van der Waals surface area (Å²) in [5.41, 5.74) is 1.31. The molecule has 5 heteroatoms. The average Bonchev–Trinajstić information content (AvgIpc) is 2.41. The molecule has 0 fully saturated rings. The molecule has 0 saturated carbocycles. The van der Waals surface area contributed by atoms with Gasteiger partial charge in [0.05, 0.1) is 11.8 Å². The summed E-state index contributed by atoms with van der Waals surface area (Å²) in [5.74, 6) is 0.646. The van der Waals surface area contributed by atoms with E-state index in [0.717, 1.165) is 0 Å². The van der Waals surface area contributed by atoms with Crippen molar-refractivity contribution in [3.8, 4) is 5.75 Å². The van der Waals surface area contributed by atoms with E-state index in [2.05, 4.69) is 15.6 Å². The molecule has 1 heterocycles. The summed E-state index contributed by atoms with van der Waals surface area (Å²) in [6.45, 7) is 3.88. The molecule has 0 spiro atoms. The lowest BCUT2D eigenvalue weighted by molar-refractivity contribution is 0.243. The maximum Gasteiger partial charge on any atom is 0.323 e. The molecule has 0 aliphatic carbocycles. The van der Waals surface area contributed by atoms with E-state index in [0.29, 0.717) is 17.1 Å². The summed E-state index contributed by atoms with van der Waals surface area (Å²) in [7, 11) is 0. The predicted octanol–water partition coefficient (Wildman–Crippen LogP) is 3.51. The molecular weight excluding hydrogens is 254 g/mol. The topological polar surface area (TPSA) is 63.2 Å². The van der Waals surface area contributed by atoms with Crippen molar-refractivity contribution in [1.82, 2.24) is 4.98 Å². The van der Waals surface area contributed by atoms with Gasteiger partial charge < -0.3 is 15.4 Å². The van der Waals surface area contributed by atoms with Crippen LogP contribution < -0.4 is 15.4 Å². The molecule has 1 aromatic heterocycles. The van der Waals surface area contributed by atoms with Crippen LogP contribution in [0.15, 0.2) is 48.8 Å². The van der Waals surface area contributed by atoms with Crippen LogP contribution in [-0.2, 0) is 0 Å². The lowest BCUT2D eigenvalue weighted by atomic mass is 10.3. The smallest absolute Gasteiger partial charge is 0.323 e. The van der Waals surface area contributed by atoms with Crippen molar-refractivity contribution in [3.63, 3.8) is 0 Å². The maximum atomic E-state index is 11.9. The number of hydrogen-bond donors (Lipinski definition) is 2. The molecule has 0 unspecified atom stereocenters. The van der Waals surface area contributed by atoms with Gasteiger partial charge in [0.25, 0.3) is 0 Å². The number of para-hydroxylation sites is 2. The molecule has 0 radical (unpaired) electrons. The lowest BCUT2D eigenvalue weighted by Gasteiger charge is -2.15. The minimum absolute atomic E-state index is 0.0428. The molecule has 2 aromatic rings. The standard InChI is InChI=1S/C15H17N3O2/c1-11(2)20-14-6-4-3-5-13(14)18-15(19)17-12-7-9-16-10-8-12/h3-11H,1-2H3,(H2,16,17,18,19). The number of rotatable bonds is 4. The molecule has 0 saturated heterocycles. The summed E-state index contributed by atoms with van der Waals surface area (Å²) in [6.07, 6.45) is 3.28. The van der Waals surface area contributed by atoms with E-state index < -0.39 is 0 Å². The summed E-state index contributed by atoms with van der Waals surface area (Å²) >= 11 is 0. The van der Waals surface area contributed by atoms with Crippen LogP contribution in [0.3, 0.4) is 0 Å². The highest BCUT2D eigenvalue weighted by Crippen LogP contribution is 2.24. The number of anilines is 2. The third-order valence-electron chi connectivity index (χ3n) is 2.44. The zero-order valence-corrected chi connectivity index (χ0v) is 11.5. The Hall–Kier alpha value is -2.56. The predicted molar refractivity (Wildman–Crippen MR) is 79.1 cm³/mol. The first kappa shape index (κ1) is 13.9. The molecular formula is C15H17N3O2. The van der Waals surface area contributed by atoms with Crippen LogP contribution >= 0.6 is 0 Å². The molecule has 0 bridgehead atoms. The van der Waals surface area contributed by atoms with E-state index in [-0.39, 0.29) is 12.1 Å². The Balaban J connectivity index is 2.04. The second kappa shape index (κ2) is 6.56. The third-order valence-corrected chi connectivity index (χ3v) is 2.44. The molecule has 104 valence electrons. The van der Waals surface area contributed by atoms with Crippen LogP contribution in [0.2, 0.25) is 0 Å². The van der Waals surface area contributed by atoms with Gasteiger partial charge >= 0.3 is 6.03 Å². The molecule has 0 aliphatic rings. The fraction of sp³-hybridized carbons (Fsp3) is 0.200. The van der Waals surface area contributed by atoms with E-state index in [1.807, 2.05) is 32.0 Å². The monoisotopic (exact) mass is 271 g/mol. The third kappa shape index (κ3) is 3.98. The van der Waals surface area contributed by atoms with Crippen molar-refractivity contribution in [2.75, 3.05) is 10.6 Å². The van der Waals surface area contributed by atoms with Gasteiger partial charge in [-0.1, -0.05) is 12.1 Å². The van der Waals surface area contributed by atoms with Crippen LogP contribution in [0.25, 0.3) is 0 Å². The number of urea groups is 1. The van der Waals surface area contributed by atoms with Gasteiger partial charge in [-0.2, -0.15) is 0 Å². The van der Waals surface area contributed by atoms with Gasteiger partial charge in [-0.05, 0) is 38.1 Å². The van der Waals surface area contributed by atoms with Crippen molar-refractivity contribution in [3.05, 3.63) is 48.8 Å². The molecule has 20 heavy (non-hydrogen) atoms. The van der Waals surface area contributed by atoms with Crippen molar-refractivity contribution in [2.24, 2.45) is 0 Å². The van der Waals surface area contributed by atoms with Crippen LogP contribution in [0, 0.1) is 0 Å². The van der Waals surface area contributed by atoms with Crippen LogP contribution in [0.1, 0.15) is 13.8 Å². The van der Waals surface area contributed by atoms with Crippen molar-refractivity contribution < 1.29 is 9.53 Å². The highest BCUT2D eigenvalue weighted by molar-refractivity contribution is 6.00. The van der Waals surface area contributed by atoms with E-state index in [9.17, 15) is 4.79 Å². The number of carbonyl (C=O) groups is 1. The lowest BCUT2D eigenvalue weighted by Crippen LogP contribution is -2.20. The minimum atomic E-state index is -0.323. The van der Waals surface area contributed by atoms with Crippen molar-refractivity contribution in [1.29, 1.82) is 0 Å². The quantitative estimate of drug-likeness (QED) is 0.894. The summed E-state index contributed by atoms with van der Waals surface area (Å²) in [6, 6.07) is 10.4. The number of ether oxygens (including phenoxy) is 1. The summed E-state index contributed by atoms with van der Waals surface area (Å²) in [4.78, 5) is 15.8. The first-order valence-corrected chi connectivity index (χ1v) is 6.39. The normalized spacial score (nSPS) is 10.2. The zero-order chi connectivity index (χ0) is 14.4. The Morgan fingerprint density at radius 2 is 1.80 bits per heavy atom. The maximum absolute atomic E-state index is 11.9. The van der Waals surface area contributed by atoms with Gasteiger partial charge in [-0.25, -0.2) is 4.79 Å². The molecule has 0 atom stereocenters. The van der Waals surface area contributed by atoms with Gasteiger partial charge in [0.1, 0.15) is 5.75 Å². The minimum Gasteiger partial charge on any atom is -0.489 e. The second-order valence-corrected chi connectivity index (χ2v) is 4.48. The first-order valence-electron chi connectivity index (χ1n) is 6.39. The number of benzene rings is 1. The van der Waals surface area contributed by atoms with Crippen molar-refractivity contribution >= 4 is 17.4 Å². The fourth-order valence-electron chi connectivity index (χ4n) is 1.65. The molecule has 2 N–H and O–H groups in total. The van der Waals surface area contributed by atoms with Crippen LogP contribution in [0.5, 0.6) is 5.75 Å². The fourth-order valence-corrected chi connectivity index (χ4v) is 1.65. The average molecular weight is 271 g/mol. The Kier molecular flexibility index (Phi) is 4.55. The van der Waals surface area contributed by atoms with E-state index in [4.69, 9.17) is 4.74 Å². The van der Waals surface area contributed by atoms with Gasteiger partial charge in [-0.3, -0.25) is 4.98 Å². The SMILES string of the molecule is CC(C)Oc1ccccc1NC(=O)Nc1ccncc1. The van der Waals surface area contributed by atoms with Crippen LogP contribution in [-0.4, -0.2) is 17.1 Å².